The lowest BCUT2D eigenvalue weighted by Gasteiger charge is -2.48. The van der Waals surface area contributed by atoms with E-state index in [0.29, 0.717) is 12.0 Å². The number of terminal acetylenes is 1. The molecule has 21 heavy (non-hydrogen) atoms. The molecule has 112 valence electrons. The van der Waals surface area contributed by atoms with Crippen LogP contribution in [0.1, 0.15) is 18.4 Å². The summed E-state index contributed by atoms with van der Waals surface area (Å²) in [6.45, 7) is 4.38. The smallest absolute Gasteiger partial charge is 0.0356 e. The minimum absolute atomic E-state index is 0.495. The van der Waals surface area contributed by atoms with Crippen LogP contribution in [-0.2, 0) is 6.54 Å². The van der Waals surface area contributed by atoms with Crippen LogP contribution in [0.4, 0.5) is 0 Å². The summed E-state index contributed by atoms with van der Waals surface area (Å²) in [5.74, 6) is 4.24. The highest BCUT2D eigenvalue weighted by Gasteiger charge is 2.38. The van der Waals surface area contributed by atoms with Crippen LogP contribution < -0.4 is 5.32 Å². The number of fused-ring (bicyclic) bond motifs is 3. The van der Waals surface area contributed by atoms with E-state index in [1.807, 2.05) is 0 Å². The van der Waals surface area contributed by atoms with E-state index in [0.717, 1.165) is 25.6 Å². The van der Waals surface area contributed by atoms with Crippen LogP contribution in [0.3, 0.4) is 0 Å². The van der Waals surface area contributed by atoms with Crippen LogP contribution in [0, 0.1) is 24.2 Å². The molecule has 3 saturated heterocycles. The van der Waals surface area contributed by atoms with Crippen molar-refractivity contribution in [2.24, 2.45) is 11.8 Å². The van der Waals surface area contributed by atoms with Gasteiger partial charge in [0.1, 0.15) is 0 Å². The lowest BCUT2D eigenvalue weighted by Crippen LogP contribution is -2.55. The Morgan fingerprint density at radius 1 is 1.38 bits per heavy atom. The molecule has 0 radical (unpaired) electrons. The Labute approximate surface area is 132 Å². The van der Waals surface area contributed by atoms with Gasteiger partial charge in [-0.3, -0.25) is 4.90 Å². The van der Waals surface area contributed by atoms with Gasteiger partial charge in [0.05, 0.1) is 0 Å². The van der Waals surface area contributed by atoms with Crippen molar-refractivity contribution < 1.29 is 0 Å². The van der Waals surface area contributed by atoms with E-state index in [1.165, 1.54) is 29.8 Å². The van der Waals surface area contributed by atoms with E-state index < -0.39 is 0 Å². The third-order valence-corrected chi connectivity index (χ3v) is 5.70. The molecular formula is C18H24N2S. The molecule has 3 aliphatic heterocycles. The molecule has 1 aromatic rings. The van der Waals surface area contributed by atoms with Gasteiger partial charge in [-0.1, -0.05) is 12.1 Å². The van der Waals surface area contributed by atoms with Gasteiger partial charge in [-0.2, -0.15) is 0 Å². The predicted octanol–water partition coefficient (Wildman–Crippen LogP) is 2.84. The van der Waals surface area contributed by atoms with Crippen LogP contribution in [-0.4, -0.2) is 36.8 Å². The number of hydrogen-bond donors (Lipinski definition) is 1. The highest BCUT2D eigenvalue weighted by molar-refractivity contribution is 7.98. The quantitative estimate of drug-likeness (QED) is 0.665. The molecule has 4 atom stereocenters. The molecule has 3 heteroatoms. The molecule has 3 fully saturated rings. The van der Waals surface area contributed by atoms with Gasteiger partial charge in [0, 0.05) is 36.5 Å². The molecule has 1 aromatic carbocycles. The lowest BCUT2D eigenvalue weighted by atomic mass is 9.76. The van der Waals surface area contributed by atoms with E-state index in [1.54, 1.807) is 11.8 Å². The van der Waals surface area contributed by atoms with Gasteiger partial charge in [-0.15, -0.1) is 24.1 Å². The first-order valence-corrected chi connectivity index (χ1v) is 9.06. The van der Waals surface area contributed by atoms with Crippen LogP contribution in [0.5, 0.6) is 0 Å². The number of rotatable bonds is 5. The topological polar surface area (TPSA) is 15.3 Å². The highest BCUT2D eigenvalue weighted by atomic mass is 32.2. The van der Waals surface area contributed by atoms with E-state index >= 15 is 0 Å². The van der Waals surface area contributed by atoms with Crippen molar-refractivity contribution in [3.63, 3.8) is 0 Å². The van der Waals surface area contributed by atoms with E-state index in [4.69, 9.17) is 6.42 Å². The Bertz CT molecular complexity index is 505. The first kappa shape index (κ1) is 15.0. The fourth-order valence-electron chi connectivity index (χ4n) is 3.67. The Balaban J connectivity index is 1.47. The second kappa shape index (κ2) is 6.87. The number of nitrogens with zero attached hydrogens (tertiary/aromatic N) is 1. The van der Waals surface area contributed by atoms with E-state index in [9.17, 15) is 0 Å². The number of hydrogen-bond acceptors (Lipinski definition) is 3. The van der Waals surface area contributed by atoms with Gasteiger partial charge in [0.2, 0.25) is 0 Å². The minimum Gasteiger partial charge on any atom is -0.311 e. The van der Waals surface area contributed by atoms with E-state index in [-0.39, 0.29) is 0 Å². The molecule has 2 bridgehead atoms. The summed E-state index contributed by atoms with van der Waals surface area (Å²) < 4.78 is 0. The standard InChI is InChI=1S/C18H24N2S/c1-3-15-13-20-9-8-16(15)10-17(20)12-19-11-14-4-6-18(21-2)7-5-14/h1,4-7,15-17,19H,8-13H2,2H3/t15-,16-,17+/m0/s1. The Hall–Kier alpha value is -0.950. The summed E-state index contributed by atoms with van der Waals surface area (Å²) in [6.07, 6.45) is 10.3. The summed E-state index contributed by atoms with van der Waals surface area (Å²) in [4.78, 5) is 3.92. The number of piperidine rings is 3. The molecule has 3 heterocycles. The SMILES string of the molecule is C#C[C@H]1CN2CC[C@H]1C[C@@H]2CNCc1ccc(SC)cc1. The van der Waals surface area contributed by atoms with Crippen LogP contribution in [0.2, 0.25) is 0 Å². The van der Waals surface area contributed by atoms with Crippen molar-refractivity contribution in [2.75, 3.05) is 25.9 Å². The molecule has 0 aromatic heterocycles. The maximum absolute atomic E-state index is 5.64. The molecule has 0 spiro atoms. The molecule has 1 N–H and O–H groups in total. The molecule has 4 rings (SSSR count). The predicted molar refractivity (Wildman–Crippen MR) is 90.3 cm³/mol. The summed E-state index contributed by atoms with van der Waals surface area (Å²) in [7, 11) is 0. The minimum atomic E-state index is 0.495. The van der Waals surface area contributed by atoms with Crippen LogP contribution in [0.25, 0.3) is 0 Å². The second-order valence-corrected chi connectivity index (χ2v) is 7.07. The molecule has 1 unspecified atom stereocenters. The summed E-state index contributed by atoms with van der Waals surface area (Å²) in [5.41, 5.74) is 1.37. The Morgan fingerprint density at radius 3 is 2.81 bits per heavy atom. The largest absolute Gasteiger partial charge is 0.311 e. The maximum atomic E-state index is 5.64. The monoisotopic (exact) mass is 300 g/mol. The third kappa shape index (κ3) is 3.45. The van der Waals surface area contributed by atoms with Crippen LogP contribution in [0.15, 0.2) is 29.2 Å². The van der Waals surface area contributed by atoms with Crippen molar-refractivity contribution in [1.82, 2.24) is 10.2 Å². The van der Waals surface area contributed by atoms with Crippen molar-refractivity contribution in [3.8, 4) is 12.3 Å². The number of benzene rings is 1. The van der Waals surface area contributed by atoms with Gasteiger partial charge in [-0.05, 0) is 49.3 Å². The zero-order chi connectivity index (χ0) is 14.7. The fourth-order valence-corrected chi connectivity index (χ4v) is 4.07. The second-order valence-electron chi connectivity index (χ2n) is 6.19. The molecule has 2 nitrogen and oxygen atoms in total. The van der Waals surface area contributed by atoms with Crippen molar-refractivity contribution in [2.45, 2.75) is 30.3 Å². The van der Waals surface area contributed by atoms with Crippen molar-refractivity contribution in [3.05, 3.63) is 29.8 Å². The van der Waals surface area contributed by atoms with E-state index in [2.05, 4.69) is 46.7 Å². The van der Waals surface area contributed by atoms with Gasteiger partial charge < -0.3 is 5.32 Å². The van der Waals surface area contributed by atoms with Crippen molar-refractivity contribution >= 4 is 11.8 Å². The molecule has 0 amide bonds. The fraction of sp³-hybridized carbons (Fsp3) is 0.556. The first-order valence-electron chi connectivity index (χ1n) is 7.84. The highest BCUT2D eigenvalue weighted by Crippen LogP contribution is 2.35. The first-order chi connectivity index (χ1) is 10.3. The van der Waals surface area contributed by atoms with Crippen molar-refractivity contribution in [1.29, 1.82) is 0 Å². The Kier molecular flexibility index (Phi) is 4.90. The lowest BCUT2D eigenvalue weighted by molar-refractivity contribution is 0.0227. The summed E-state index contributed by atoms with van der Waals surface area (Å²) in [6, 6.07) is 9.52. The van der Waals surface area contributed by atoms with Gasteiger partial charge in [-0.25, -0.2) is 0 Å². The summed E-state index contributed by atoms with van der Waals surface area (Å²) >= 11 is 1.79. The zero-order valence-corrected chi connectivity index (χ0v) is 13.5. The number of nitrogens with one attached hydrogen (secondary N) is 1. The van der Waals surface area contributed by atoms with Crippen LogP contribution >= 0.6 is 11.8 Å². The molecular weight excluding hydrogens is 276 g/mol. The normalized spacial score (nSPS) is 31.0. The van der Waals surface area contributed by atoms with Gasteiger partial charge in [0.15, 0.2) is 0 Å². The average Bonchev–Trinajstić information content (AvgIpc) is 2.56. The van der Waals surface area contributed by atoms with Gasteiger partial charge >= 0.3 is 0 Å². The molecule has 0 saturated carbocycles. The Morgan fingerprint density at radius 2 is 2.19 bits per heavy atom. The maximum Gasteiger partial charge on any atom is 0.0356 e. The molecule has 0 aliphatic carbocycles. The number of thioether (sulfide) groups is 1. The zero-order valence-electron chi connectivity index (χ0n) is 12.7. The summed E-state index contributed by atoms with van der Waals surface area (Å²) in [5, 5.41) is 3.63. The average molecular weight is 300 g/mol. The van der Waals surface area contributed by atoms with Gasteiger partial charge in [0.25, 0.3) is 0 Å². The molecule has 3 aliphatic rings. The third-order valence-electron chi connectivity index (χ3n) is 4.96.